The maximum Gasteiger partial charge on any atom is 0.418 e. The number of hydrogen-bond acceptors (Lipinski definition) is 4. The zero-order chi connectivity index (χ0) is 28.3. The van der Waals surface area contributed by atoms with Gasteiger partial charge in [0.15, 0.2) is 0 Å². The molecule has 1 saturated heterocycles. The molecule has 2 aliphatic rings. The number of hydrogen-bond donors (Lipinski definition) is 1. The summed E-state index contributed by atoms with van der Waals surface area (Å²) in [7, 11) is 0. The highest BCUT2D eigenvalue weighted by Crippen LogP contribution is 2.39. The van der Waals surface area contributed by atoms with Crippen molar-refractivity contribution >= 4 is 17.8 Å². The molecule has 39 heavy (non-hydrogen) atoms. The molecule has 1 fully saturated rings. The van der Waals surface area contributed by atoms with Crippen LogP contribution in [0.15, 0.2) is 36.5 Å². The third-order valence-corrected chi connectivity index (χ3v) is 7.63. The van der Waals surface area contributed by atoms with Crippen molar-refractivity contribution in [2.45, 2.75) is 70.1 Å². The minimum absolute atomic E-state index is 0.135. The van der Waals surface area contributed by atoms with Crippen LogP contribution in [0.1, 0.15) is 78.7 Å². The molecule has 1 aromatic carbocycles. The van der Waals surface area contributed by atoms with E-state index >= 15 is 0 Å². The predicted molar refractivity (Wildman–Crippen MR) is 133 cm³/mol. The number of halogens is 4. The van der Waals surface area contributed by atoms with E-state index in [0.29, 0.717) is 37.7 Å². The molecule has 4 rings (SSSR count). The van der Waals surface area contributed by atoms with Crippen LogP contribution in [0.4, 0.5) is 17.6 Å². The van der Waals surface area contributed by atoms with Crippen molar-refractivity contribution in [1.29, 1.82) is 0 Å². The molecular formula is C28H31F4N3O4. The molecule has 1 aromatic heterocycles. The van der Waals surface area contributed by atoms with Gasteiger partial charge in [0.2, 0.25) is 5.91 Å². The molecule has 0 bridgehead atoms. The van der Waals surface area contributed by atoms with Gasteiger partial charge in [0.05, 0.1) is 17.5 Å². The number of rotatable bonds is 7. The van der Waals surface area contributed by atoms with Crippen LogP contribution in [0.5, 0.6) is 0 Å². The number of carbonyl (C=O) groups is 3. The van der Waals surface area contributed by atoms with E-state index in [0.717, 1.165) is 23.9 Å². The first-order valence-electron chi connectivity index (χ1n) is 13.2. The second-order valence-electron chi connectivity index (χ2n) is 10.1. The highest BCUT2D eigenvalue weighted by Gasteiger charge is 2.44. The zero-order valence-electron chi connectivity index (χ0n) is 21.6. The highest BCUT2D eigenvalue weighted by molar-refractivity contribution is 5.95. The zero-order valence-corrected chi connectivity index (χ0v) is 21.6. The van der Waals surface area contributed by atoms with E-state index in [4.69, 9.17) is 0 Å². The Morgan fingerprint density at radius 3 is 2.56 bits per heavy atom. The van der Waals surface area contributed by atoms with Crippen molar-refractivity contribution in [2.75, 3.05) is 13.1 Å². The lowest BCUT2D eigenvalue weighted by Crippen LogP contribution is -2.55. The normalized spacial score (nSPS) is 21.4. The maximum atomic E-state index is 14.1. The van der Waals surface area contributed by atoms with E-state index in [-0.39, 0.29) is 31.8 Å². The van der Waals surface area contributed by atoms with Crippen LogP contribution < -0.4 is 0 Å². The van der Waals surface area contributed by atoms with Crippen molar-refractivity contribution in [3.63, 3.8) is 0 Å². The highest BCUT2D eigenvalue weighted by atomic mass is 19.4. The van der Waals surface area contributed by atoms with E-state index in [1.165, 1.54) is 17.0 Å². The lowest BCUT2D eigenvalue weighted by molar-refractivity contribution is -0.144. The number of nitrogens with zero attached hydrogens (tertiary/aromatic N) is 3. The van der Waals surface area contributed by atoms with Gasteiger partial charge in [-0.05, 0) is 67.5 Å². The van der Waals surface area contributed by atoms with Crippen molar-refractivity contribution in [3.05, 3.63) is 64.7 Å². The van der Waals surface area contributed by atoms with Gasteiger partial charge >= 0.3 is 12.1 Å². The Balaban J connectivity index is 1.66. The number of aromatic nitrogens is 1. The second kappa shape index (κ2) is 11.7. The number of pyridine rings is 1. The van der Waals surface area contributed by atoms with E-state index in [1.54, 1.807) is 11.0 Å². The van der Waals surface area contributed by atoms with Gasteiger partial charge in [-0.2, -0.15) is 13.2 Å². The number of carboxylic acid groups (broad SMARTS) is 1. The molecule has 0 spiro atoms. The summed E-state index contributed by atoms with van der Waals surface area (Å²) in [5, 5.41) is 9.31. The number of aliphatic carboxylic acids is 1. The van der Waals surface area contributed by atoms with Crippen LogP contribution in [0.25, 0.3) is 0 Å². The van der Waals surface area contributed by atoms with Crippen molar-refractivity contribution in [3.8, 4) is 0 Å². The van der Waals surface area contributed by atoms with Crippen molar-refractivity contribution < 1.29 is 37.1 Å². The summed E-state index contributed by atoms with van der Waals surface area (Å²) in [6.45, 7) is 2.33. The SMILES string of the molecule is CCC[C@@H]1[C@H](C(=O)N2CCc3cc(F)ccc3C2CCC(=O)O)CCCN1C(=O)c1ncccc1C(F)(F)F. The van der Waals surface area contributed by atoms with Crippen LogP contribution in [0.2, 0.25) is 0 Å². The summed E-state index contributed by atoms with van der Waals surface area (Å²) >= 11 is 0. The molecule has 2 aromatic rings. The third-order valence-electron chi connectivity index (χ3n) is 7.63. The molecule has 3 atom stereocenters. The van der Waals surface area contributed by atoms with Crippen LogP contribution in [0, 0.1) is 11.7 Å². The summed E-state index contributed by atoms with van der Waals surface area (Å²) in [5.74, 6) is -3.24. The Kier molecular flexibility index (Phi) is 8.56. The number of amides is 2. The second-order valence-corrected chi connectivity index (χ2v) is 10.1. The molecule has 1 N–H and O–H groups in total. The molecule has 1 unspecified atom stereocenters. The van der Waals surface area contributed by atoms with Gasteiger partial charge in [0.25, 0.3) is 5.91 Å². The van der Waals surface area contributed by atoms with Crippen LogP contribution in [0.3, 0.4) is 0 Å². The average molecular weight is 550 g/mol. The van der Waals surface area contributed by atoms with Gasteiger partial charge in [-0.25, -0.2) is 4.39 Å². The average Bonchev–Trinajstić information content (AvgIpc) is 2.90. The van der Waals surface area contributed by atoms with Crippen LogP contribution in [-0.4, -0.2) is 56.8 Å². The first kappa shape index (κ1) is 28.5. The van der Waals surface area contributed by atoms with Crippen molar-refractivity contribution in [2.24, 2.45) is 5.92 Å². The maximum absolute atomic E-state index is 14.1. The van der Waals surface area contributed by atoms with Gasteiger partial charge in [-0.15, -0.1) is 0 Å². The van der Waals surface area contributed by atoms with Crippen LogP contribution >= 0.6 is 0 Å². The van der Waals surface area contributed by atoms with E-state index in [9.17, 15) is 37.1 Å². The Morgan fingerprint density at radius 1 is 1.10 bits per heavy atom. The summed E-state index contributed by atoms with van der Waals surface area (Å²) in [5.41, 5.74) is -0.397. The molecule has 2 aliphatic heterocycles. The molecule has 0 saturated carbocycles. The largest absolute Gasteiger partial charge is 0.481 e. The number of alkyl halides is 3. The minimum atomic E-state index is -4.76. The standard InChI is InChI=1S/C28H31F4N3O4/c1-2-5-22-20(6-4-14-34(22)27(39)25-21(28(30,31)32)7-3-13-33-25)26(38)35-15-12-17-16-18(29)8-9-19(17)23(35)10-11-24(36)37/h3,7-9,13,16,20,22-23H,2,4-6,10-12,14-15H2,1H3,(H,36,37)/t20-,22-,23?/m1/s1. The summed E-state index contributed by atoms with van der Waals surface area (Å²) < 4.78 is 54.8. The molecule has 2 amide bonds. The van der Waals surface area contributed by atoms with Gasteiger partial charge in [0.1, 0.15) is 11.5 Å². The number of fused-ring (bicyclic) bond motifs is 1. The summed E-state index contributed by atoms with van der Waals surface area (Å²) in [6.07, 6.45) is -1.42. The Hall–Kier alpha value is -3.50. The summed E-state index contributed by atoms with van der Waals surface area (Å²) in [4.78, 5) is 45.7. The number of benzene rings is 1. The van der Waals surface area contributed by atoms with Gasteiger partial charge < -0.3 is 14.9 Å². The topological polar surface area (TPSA) is 90.8 Å². The predicted octanol–water partition coefficient (Wildman–Crippen LogP) is 5.25. The quantitative estimate of drug-likeness (QED) is 0.477. The molecule has 11 heteroatoms. The number of carbonyl (C=O) groups excluding carboxylic acids is 2. The van der Waals surface area contributed by atoms with Gasteiger partial charge in [-0.1, -0.05) is 19.4 Å². The monoisotopic (exact) mass is 549 g/mol. The fraction of sp³-hybridized carbons (Fsp3) is 0.500. The molecule has 7 nitrogen and oxygen atoms in total. The Morgan fingerprint density at radius 2 is 1.87 bits per heavy atom. The van der Waals surface area contributed by atoms with E-state index in [1.807, 2.05) is 6.92 Å². The van der Waals surface area contributed by atoms with Gasteiger partial charge in [-0.3, -0.25) is 19.4 Å². The minimum Gasteiger partial charge on any atom is -0.481 e. The first-order chi connectivity index (χ1) is 18.5. The van der Waals surface area contributed by atoms with Crippen molar-refractivity contribution in [1.82, 2.24) is 14.8 Å². The molecule has 210 valence electrons. The number of carboxylic acids is 1. The lowest BCUT2D eigenvalue weighted by Gasteiger charge is -2.45. The Bertz CT molecular complexity index is 1240. The molecular weight excluding hydrogens is 518 g/mol. The molecule has 0 aliphatic carbocycles. The van der Waals surface area contributed by atoms with E-state index in [2.05, 4.69) is 4.98 Å². The summed E-state index contributed by atoms with van der Waals surface area (Å²) in [6, 6.07) is 4.99. The lowest BCUT2D eigenvalue weighted by atomic mass is 9.82. The fourth-order valence-electron chi connectivity index (χ4n) is 5.92. The van der Waals surface area contributed by atoms with Crippen LogP contribution in [-0.2, 0) is 22.2 Å². The Labute approximate surface area is 223 Å². The fourth-order valence-corrected chi connectivity index (χ4v) is 5.92. The molecule has 0 radical (unpaired) electrons. The molecule has 3 heterocycles. The third kappa shape index (κ3) is 6.07. The van der Waals surface area contributed by atoms with E-state index < -0.39 is 53.1 Å². The smallest absolute Gasteiger partial charge is 0.418 e. The number of piperidine rings is 1. The first-order valence-corrected chi connectivity index (χ1v) is 13.2. The van der Waals surface area contributed by atoms with Gasteiger partial charge in [0, 0.05) is 31.7 Å². The number of likely N-dealkylation sites (tertiary alicyclic amines) is 1.